The van der Waals surface area contributed by atoms with Gasteiger partial charge in [-0.1, -0.05) is 15.9 Å². The van der Waals surface area contributed by atoms with Gasteiger partial charge < -0.3 is 15.2 Å². The van der Waals surface area contributed by atoms with Crippen LogP contribution in [0.25, 0.3) is 0 Å². The SMILES string of the molecule is O=C(Nc1ccc(Br)cc1C(=O)O)c1ccc(S(=O)(=O)N2CCOCC2)cc1. The maximum absolute atomic E-state index is 12.6. The zero-order valence-corrected chi connectivity index (χ0v) is 17.0. The van der Waals surface area contributed by atoms with E-state index in [-0.39, 0.29) is 34.8 Å². The molecule has 8 nitrogen and oxygen atoms in total. The molecule has 2 N–H and O–H groups in total. The third-order valence-electron chi connectivity index (χ3n) is 4.18. The molecule has 1 fully saturated rings. The molecule has 148 valence electrons. The first-order valence-electron chi connectivity index (χ1n) is 8.31. The average molecular weight is 469 g/mol. The van der Waals surface area contributed by atoms with Gasteiger partial charge in [0.25, 0.3) is 5.91 Å². The number of carboxylic acids is 1. The number of carboxylic acid groups (broad SMARTS) is 1. The summed E-state index contributed by atoms with van der Waals surface area (Å²) in [4.78, 5) is 23.9. The predicted octanol–water partition coefficient (Wildman–Crippen LogP) is 2.42. The van der Waals surface area contributed by atoms with Crippen molar-refractivity contribution in [2.24, 2.45) is 0 Å². The highest BCUT2D eigenvalue weighted by Crippen LogP contribution is 2.23. The number of benzene rings is 2. The summed E-state index contributed by atoms with van der Waals surface area (Å²) >= 11 is 3.19. The second kappa shape index (κ2) is 8.39. The predicted molar refractivity (Wildman–Crippen MR) is 105 cm³/mol. The van der Waals surface area contributed by atoms with Gasteiger partial charge in [0.05, 0.1) is 29.4 Å². The number of hydrogen-bond acceptors (Lipinski definition) is 5. The van der Waals surface area contributed by atoms with Crippen LogP contribution in [0.4, 0.5) is 5.69 Å². The maximum atomic E-state index is 12.6. The highest BCUT2D eigenvalue weighted by molar-refractivity contribution is 9.10. The third-order valence-corrected chi connectivity index (χ3v) is 6.59. The van der Waals surface area contributed by atoms with Crippen LogP contribution in [0.1, 0.15) is 20.7 Å². The summed E-state index contributed by atoms with van der Waals surface area (Å²) in [7, 11) is -3.65. The van der Waals surface area contributed by atoms with Gasteiger partial charge in [-0.15, -0.1) is 0 Å². The first kappa shape index (κ1) is 20.5. The van der Waals surface area contributed by atoms with Crippen LogP contribution in [0.3, 0.4) is 0 Å². The summed E-state index contributed by atoms with van der Waals surface area (Å²) in [6.45, 7) is 1.26. The van der Waals surface area contributed by atoms with Gasteiger partial charge in [-0.2, -0.15) is 4.31 Å². The van der Waals surface area contributed by atoms with E-state index in [9.17, 15) is 23.1 Å². The van der Waals surface area contributed by atoms with E-state index in [2.05, 4.69) is 21.2 Å². The molecule has 1 aliphatic rings. The van der Waals surface area contributed by atoms with E-state index < -0.39 is 21.9 Å². The number of amides is 1. The van der Waals surface area contributed by atoms with E-state index >= 15 is 0 Å². The third kappa shape index (κ3) is 4.41. The first-order chi connectivity index (χ1) is 13.3. The molecule has 3 rings (SSSR count). The van der Waals surface area contributed by atoms with E-state index in [1.165, 1.54) is 40.7 Å². The summed E-state index contributed by atoms with van der Waals surface area (Å²) in [5.41, 5.74) is 0.292. The van der Waals surface area contributed by atoms with E-state index in [1.807, 2.05) is 0 Å². The van der Waals surface area contributed by atoms with Crippen molar-refractivity contribution in [1.29, 1.82) is 0 Å². The highest BCUT2D eigenvalue weighted by atomic mass is 79.9. The number of ether oxygens (including phenoxy) is 1. The molecule has 2 aromatic carbocycles. The van der Waals surface area contributed by atoms with Crippen molar-refractivity contribution in [3.8, 4) is 0 Å². The van der Waals surface area contributed by atoms with Gasteiger partial charge in [0, 0.05) is 23.1 Å². The Hall–Kier alpha value is -2.27. The minimum Gasteiger partial charge on any atom is -0.478 e. The summed E-state index contributed by atoms with van der Waals surface area (Å²) in [5.74, 6) is -1.72. The Morgan fingerprint density at radius 2 is 1.71 bits per heavy atom. The number of nitrogens with one attached hydrogen (secondary N) is 1. The van der Waals surface area contributed by atoms with Crippen molar-refractivity contribution >= 4 is 43.5 Å². The Labute approximate surface area is 170 Å². The molecule has 2 aromatic rings. The van der Waals surface area contributed by atoms with Crippen molar-refractivity contribution in [2.75, 3.05) is 31.6 Å². The lowest BCUT2D eigenvalue weighted by Crippen LogP contribution is -2.40. The summed E-state index contributed by atoms with van der Waals surface area (Å²) in [5, 5.41) is 11.8. The fraction of sp³-hybridized carbons (Fsp3) is 0.222. The van der Waals surface area contributed by atoms with Crippen molar-refractivity contribution < 1.29 is 27.9 Å². The highest BCUT2D eigenvalue weighted by Gasteiger charge is 2.26. The van der Waals surface area contributed by atoms with Gasteiger partial charge in [0.1, 0.15) is 0 Å². The van der Waals surface area contributed by atoms with Gasteiger partial charge in [0.15, 0.2) is 0 Å². The molecule has 0 aromatic heterocycles. The molecule has 0 bridgehead atoms. The molecule has 28 heavy (non-hydrogen) atoms. The Morgan fingerprint density at radius 3 is 2.32 bits per heavy atom. The molecular formula is C18H17BrN2O6S. The van der Waals surface area contributed by atoms with Crippen molar-refractivity contribution in [2.45, 2.75) is 4.90 Å². The minimum atomic E-state index is -3.65. The van der Waals surface area contributed by atoms with E-state index in [4.69, 9.17) is 4.74 Å². The molecule has 0 spiro atoms. The molecule has 1 amide bonds. The van der Waals surface area contributed by atoms with Crippen molar-refractivity contribution in [3.63, 3.8) is 0 Å². The number of aromatic carboxylic acids is 1. The summed E-state index contributed by atoms with van der Waals surface area (Å²) < 4.78 is 32.3. The number of sulfonamides is 1. The van der Waals surface area contributed by atoms with E-state index in [0.29, 0.717) is 17.7 Å². The number of halogens is 1. The van der Waals surface area contributed by atoms with Crippen LogP contribution in [-0.4, -0.2) is 56.0 Å². The van der Waals surface area contributed by atoms with Crippen LogP contribution >= 0.6 is 15.9 Å². The Balaban J connectivity index is 1.78. The Kier molecular flexibility index (Phi) is 6.14. The zero-order chi connectivity index (χ0) is 20.3. The Morgan fingerprint density at radius 1 is 1.07 bits per heavy atom. The van der Waals surface area contributed by atoms with Crippen LogP contribution < -0.4 is 5.32 Å². The van der Waals surface area contributed by atoms with Gasteiger partial charge in [-0.3, -0.25) is 4.79 Å². The molecule has 10 heteroatoms. The summed E-state index contributed by atoms with van der Waals surface area (Å²) in [6, 6.07) is 9.97. The first-order valence-corrected chi connectivity index (χ1v) is 10.5. The lowest BCUT2D eigenvalue weighted by Gasteiger charge is -2.26. The molecule has 0 atom stereocenters. The molecule has 1 saturated heterocycles. The standard InChI is InChI=1S/C18H17BrN2O6S/c19-13-3-6-16(15(11-13)18(23)24)20-17(22)12-1-4-14(5-2-12)28(25,26)21-7-9-27-10-8-21/h1-6,11H,7-10H2,(H,20,22)(H,23,24). The topological polar surface area (TPSA) is 113 Å². The molecular weight excluding hydrogens is 452 g/mol. The maximum Gasteiger partial charge on any atom is 0.337 e. The minimum absolute atomic E-state index is 0.0609. The number of rotatable bonds is 5. The van der Waals surface area contributed by atoms with Crippen LogP contribution in [0, 0.1) is 0 Å². The van der Waals surface area contributed by atoms with Gasteiger partial charge >= 0.3 is 5.97 Å². The molecule has 0 aliphatic carbocycles. The lowest BCUT2D eigenvalue weighted by molar-refractivity contribution is 0.0698. The normalized spacial score (nSPS) is 15.2. The van der Waals surface area contributed by atoms with E-state index in [0.717, 1.165) is 0 Å². The van der Waals surface area contributed by atoms with E-state index in [1.54, 1.807) is 6.07 Å². The van der Waals surface area contributed by atoms with Crippen molar-refractivity contribution in [3.05, 3.63) is 58.1 Å². The lowest BCUT2D eigenvalue weighted by atomic mass is 10.1. The van der Waals surface area contributed by atoms with Crippen LogP contribution in [0.15, 0.2) is 51.8 Å². The quantitative estimate of drug-likeness (QED) is 0.696. The number of morpholine rings is 1. The van der Waals surface area contributed by atoms with Gasteiger partial charge in [-0.05, 0) is 42.5 Å². The molecule has 0 radical (unpaired) electrons. The zero-order valence-electron chi connectivity index (χ0n) is 14.6. The van der Waals surface area contributed by atoms with Crippen LogP contribution in [0.2, 0.25) is 0 Å². The number of carbonyl (C=O) groups is 2. The average Bonchev–Trinajstić information content (AvgIpc) is 2.70. The second-order valence-corrected chi connectivity index (χ2v) is 8.84. The summed E-state index contributed by atoms with van der Waals surface area (Å²) in [6.07, 6.45) is 0. The second-order valence-electron chi connectivity index (χ2n) is 5.99. The van der Waals surface area contributed by atoms with Crippen LogP contribution in [-0.2, 0) is 14.8 Å². The number of anilines is 1. The smallest absolute Gasteiger partial charge is 0.337 e. The molecule has 0 saturated carbocycles. The molecule has 1 heterocycles. The van der Waals surface area contributed by atoms with Gasteiger partial charge in [-0.25, -0.2) is 13.2 Å². The molecule has 0 unspecified atom stereocenters. The monoisotopic (exact) mass is 468 g/mol. The fourth-order valence-corrected chi connectivity index (χ4v) is 4.48. The van der Waals surface area contributed by atoms with Crippen molar-refractivity contribution in [1.82, 2.24) is 4.31 Å². The largest absolute Gasteiger partial charge is 0.478 e. The van der Waals surface area contributed by atoms with Gasteiger partial charge in [0.2, 0.25) is 10.0 Å². The number of carbonyl (C=O) groups excluding carboxylic acids is 1. The number of hydrogen-bond donors (Lipinski definition) is 2. The fourth-order valence-electron chi connectivity index (χ4n) is 2.71. The number of nitrogens with zero attached hydrogens (tertiary/aromatic N) is 1. The molecule has 1 aliphatic heterocycles. The van der Waals surface area contributed by atoms with Crippen LogP contribution in [0.5, 0.6) is 0 Å². The Bertz CT molecular complexity index is 1000.